The van der Waals surface area contributed by atoms with E-state index in [9.17, 15) is 19.2 Å². The monoisotopic (exact) mass is 774 g/mol. The van der Waals surface area contributed by atoms with Crippen molar-refractivity contribution in [2.24, 2.45) is 9.98 Å². The van der Waals surface area contributed by atoms with Gasteiger partial charge < -0.3 is 29.2 Å². The number of rotatable bonds is 10. The van der Waals surface area contributed by atoms with Crippen LogP contribution in [0.3, 0.4) is 0 Å². The normalized spacial score (nSPS) is 16.8. The summed E-state index contributed by atoms with van der Waals surface area (Å²) in [5.41, 5.74) is 9.30. The zero-order valence-electron chi connectivity index (χ0n) is 32.3. The highest BCUT2D eigenvalue weighted by Crippen LogP contribution is 2.36. The van der Waals surface area contributed by atoms with Gasteiger partial charge in [0, 0.05) is 40.3 Å². The summed E-state index contributed by atoms with van der Waals surface area (Å²) in [4.78, 5) is 62.8. The second-order valence-corrected chi connectivity index (χ2v) is 13.4. The van der Waals surface area contributed by atoms with E-state index in [0.717, 1.165) is 22.4 Å². The number of H-pyrrole nitrogens is 1. The van der Waals surface area contributed by atoms with Gasteiger partial charge in [-0.3, -0.25) is 4.79 Å². The molecule has 0 atom stereocenters. The lowest BCUT2D eigenvalue weighted by molar-refractivity contribution is -0.115. The van der Waals surface area contributed by atoms with Gasteiger partial charge in [0.1, 0.15) is 0 Å². The van der Waals surface area contributed by atoms with E-state index in [4.69, 9.17) is 28.9 Å². The van der Waals surface area contributed by atoms with E-state index in [2.05, 4.69) is 10.3 Å². The Labute approximate surface area is 334 Å². The molecule has 4 heterocycles. The highest BCUT2D eigenvalue weighted by Gasteiger charge is 2.24. The molecule has 0 saturated carbocycles. The summed E-state index contributed by atoms with van der Waals surface area (Å²) in [6.07, 6.45) is 10.5. The van der Waals surface area contributed by atoms with E-state index in [0.29, 0.717) is 67.8 Å². The van der Waals surface area contributed by atoms with Crippen LogP contribution in [-0.2, 0) is 23.7 Å². The predicted molar refractivity (Wildman–Crippen MR) is 220 cm³/mol. The van der Waals surface area contributed by atoms with Gasteiger partial charge in [-0.1, -0.05) is 36.4 Å². The van der Waals surface area contributed by atoms with Crippen molar-refractivity contribution in [1.82, 2.24) is 10.3 Å². The first-order valence-electron chi connectivity index (χ1n) is 18.2. The van der Waals surface area contributed by atoms with Gasteiger partial charge in [0.2, 0.25) is 11.8 Å². The number of ether oxygens (including phenoxy) is 4. The van der Waals surface area contributed by atoms with Gasteiger partial charge in [0.05, 0.1) is 66.9 Å². The number of esters is 3. The van der Waals surface area contributed by atoms with Crippen LogP contribution in [0.25, 0.3) is 16.7 Å². The maximum absolute atomic E-state index is 12.4. The quantitative estimate of drug-likeness (QED) is 0.125. The van der Waals surface area contributed by atoms with Crippen molar-refractivity contribution in [3.8, 4) is 0 Å². The van der Waals surface area contributed by atoms with Crippen molar-refractivity contribution < 1.29 is 38.1 Å². The Morgan fingerprint density at radius 3 is 1.38 bits per heavy atom. The summed E-state index contributed by atoms with van der Waals surface area (Å²) in [7, 11) is 3.99. The van der Waals surface area contributed by atoms with Crippen molar-refractivity contribution >= 4 is 52.1 Å². The average Bonchev–Trinajstić information content (AvgIpc) is 4.08. The first-order valence-corrected chi connectivity index (χ1v) is 18.2. The lowest BCUT2D eigenvalue weighted by atomic mass is 9.97. The Kier molecular flexibility index (Phi) is 11.1. The van der Waals surface area contributed by atoms with Gasteiger partial charge in [-0.15, -0.1) is 0 Å². The van der Waals surface area contributed by atoms with Crippen LogP contribution in [0.15, 0.2) is 148 Å². The zero-order valence-corrected chi connectivity index (χ0v) is 32.3. The molecule has 0 fully saturated rings. The van der Waals surface area contributed by atoms with E-state index in [1.54, 1.807) is 54.6 Å². The fraction of sp³-hybridized carbons (Fsp3) is 0.130. The van der Waals surface area contributed by atoms with Crippen LogP contribution in [-0.4, -0.2) is 67.8 Å². The van der Waals surface area contributed by atoms with Crippen LogP contribution in [0.4, 0.5) is 0 Å². The summed E-state index contributed by atoms with van der Waals surface area (Å²) >= 11 is 0. The Bertz CT molecular complexity index is 2580. The highest BCUT2D eigenvalue weighted by atomic mass is 16.5. The van der Waals surface area contributed by atoms with Crippen LogP contribution in [0.1, 0.15) is 73.0 Å². The van der Waals surface area contributed by atoms with Gasteiger partial charge in [0.15, 0.2) is 0 Å². The molecule has 290 valence electrons. The molecule has 0 radical (unpaired) electrons. The van der Waals surface area contributed by atoms with Crippen LogP contribution in [0.2, 0.25) is 0 Å². The van der Waals surface area contributed by atoms with Gasteiger partial charge >= 0.3 is 17.9 Å². The molecule has 3 aliphatic rings. The van der Waals surface area contributed by atoms with E-state index in [1.165, 1.54) is 27.4 Å². The Balaban J connectivity index is 1.38. The molecule has 2 N–H and O–H groups in total. The molecule has 1 aromatic heterocycles. The number of hydrogen-bond acceptors (Lipinski definition) is 10. The average molecular weight is 775 g/mol. The number of carbonyl (C=O) groups excluding carboxylic acids is 4. The van der Waals surface area contributed by atoms with Gasteiger partial charge in [-0.2, -0.15) is 0 Å². The van der Waals surface area contributed by atoms with Crippen LogP contribution < -0.4 is 5.32 Å². The molecule has 0 bridgehead atoms. The third-order valence-electron chi connectivity index (χ3n) is 9.32. The van der Waals surface area contributed by atoms with E-state index in [-0.39, 0.29) is 12.0 Å². The Hall–Kier alpha value is -7.60. The number of carbonyl (C=O) groups is 4. The predicted octanol–water partition coefficient (Wildman–Crippen LogP) is 7.39. The molecule has 0 aliphatic carbocycles. The molecule has 0 unspecified atom stereocenters. The fourth-order valence-corrected chi connectivity index (χ4v) is 6.63. The zero-order chi connectivity index (χ0) is 40.9. The molecular formula is C46H38N4O8. The summed E-state index contributed by atoms with van der Waals surface area (Å²) in [6, 6.07) is 24.9. The summed E-state index contributed by atoms with van der Waals surface area (Å²) < 4.78 is 20.7. The number of aromatic amines is 1. The smallest absolute Gasteiger partial charge is 0.337 e. The molecule has 1 amide bonds. The van der Waals surface area contributed by atoms with Crippen molar-refractivity contribution in [2.45, 2.75) is 20.0 Å². The summed E-state index contributed by atoms with van der Waals surface area (Å²) in [6.45, 7) is 3.86. The number of hydrogen-bond donors (Lipinski definition) is 2. The number of nitrogens with zero attached hydrogens (tertiary/aromatic N) is 2. The van der Waals surface area contributed by atoms with Crippen molar-refractivity contribution in [3.05, 3.63) is 183 Å². The molecular weight excluding hydrogens is 737 g/mol. The first kappa shape index (κ1) is 38.7. The maximum Gasteiger partial charge on any atom is 0.337 e. The third kappa shape index (κ3) is 8.03. The van der Waals surface area contributed by atoms with Gasteiger partial charge in [-0.05, 0) is 103 Å². The minimum absolute atomic E-state index is 0.0800. The topological polar surface area (TPSA) is 158 Å². The number of aromatic nitrogens is 1. The molecule has 7 rings (SSSR count). The molecule has 3 aliphatic heterocycles. The maximum atomic E-state index is 12.4. The second-order valence-electron chi connectivity index (χ2n) is 13.4. The lowest BCUT2D eigenvalue weighted by Crippen LogP contribution is -2.16. The molecule has 3 aromatic carbocycles. The van der Waals surface area contributed by atoms with Crippen LogP contribution in [0.5, 0.6) is 0 Å². The fourth-order valence-electron chi connectivity index (χ4n) is 6.63. The Morgan fingerprint density at radius 2 is 0.948 bits per heavy atom. The molecule has 0 saturated heterocycles. The minimum atomic E-state index is -0.469. The van der Waals surface area contributed by atoms with Crippen LogP contribution in [0, 0.1) is 0 Å². The van der Waals surface area contributed by atoms with Crippen molar-refractivity contribution in [3.63, 3.8) is 0 Å². The van der Waals surface area contributed by atoms with E-state index < -0.39 is 17.9 Å². The summed E-state index contributed by atoms with van der Waals surface area (Å²) in [5, 5.41) is 2.89. The highest BCUT2D eigenvalue weighted by molar-refractivity contribution is 6.32. The van der Waals surface area contributed by atoms with E-state index >= 15 is 0 Å². The largest absolute Gasteiger partial charge is 0.475 e. The SMILES string of the molecule is COC(=O)c1ccc(/C(C2=N/C(=C(/c3ccc(C(=O)OC)cc3)c3ccc(/C(=C4/C=CC(OC(C)C)=N4)c4ccc(C(=O)OC)cc4)[nH]3)C=C2)=C2\C=CC(=O)N2)cc1. The number of aliphatic imine (C=N–C) groups is 2. The molecule has 0 spiro atoms. The minimum Gasteiger partial charge on any atom is -0.475 e. The molecule has 58 heavy (non-hydrogen) atoms. The van der Waals surface area contributed by atoms with Gasteiger partial charge in [0.25, 0.3) is 0 Å². The third-order valence-corrected chi connectivity index (χ3v) is 9.32. The second kappa shape index (κ2) is 16.6. The van der Waals surface area contributed by atoms with Gasteiger partial charge in [-0.25, -0.2) is 24.4 Å². The van der Waals surface area contributed by atoms with Crippen LogP contribution >= 0.6 is 0 Å². The number of amides is 1. The number of methoxy groups -OCH3 is 3. The number of allylic oxidation sites excluding steroid dienone is 5. The standard InChI is InChI=1S/C46H38N4O8/c1-26(2)58-40-25-23-38(50-40)43(29-10-16-32(17-11-29)46(54)57-5)36-21-19-34(48-36)41(27-6-12-30(13-7-27)44(52)55-3)33-18-20-35(47-33)42(37-22-24-39(51)49-37)28-8-14-31(15-9-28)45(53)56-4/h6-26,48H,1-5H3,(H,49,51)/b41-33-,42-37-,43-38-. The van der Waals surface area contributed by atoms with E-state index in [1.807, 2.05) is 74.5 Å². The first-order chi connectivity index (χ1) is 28.1. The molecule has 12 heteroatoms. The number of benzene rings is 3. The molecule has 12 nitrogen and oxygen atoms in total. The molecule has 4 aromatic rings. The van der Waals surface area contributed by atoms with Crippen molar-refractivity contribution in [1.29, 1.82) is 0 Å². The number of nitrogens with one attached hydrogen (secondary N) is 2. The van der Waals surface area contributed by atoms with Crippen molar-refractivity contribution in [2.75, 3.05) is 21.3 Å². The summed E-state index contributed by atoms with van der Waals surface area (Å²) in [5.74, 6) is -1.17. The lowest BCUT2D eigenvalue weighted by Gasteiger charge is -2.13. The Morgan fingerprint density at radius 1 is 0.517 bits per heavy atom.